The summed E-state index contributed by atoms with van der Waals surface area (Å²) in [6.45, 7) is 2.95. The van der Waals surface area contributed by atoms with Gasteiger partial charge in [0.1, 0.15) is 6.26 Å². The van der Waals surface area contributed by atoms with Gasteiger partial charge >= 0.3 is 5.97 Å². The number of nitrogens with zero attached hydrogens (tertiary/aromatic N) is 1. The normalized spacial score (nSPS) is 17.4. The zero-order valence-corrected chi connectivity index (χ0v) is 8.56. The van der Waals surface area contributed by atoms with Crippen LogP contribution in [0.25, 0.3) is 0 Å². The molecule has 0 radical (unpaired) electrons. The molecule has 0 aromatic carbocycles. The van der Waals surface area contributed by atoms with Crippen LogP contribution in [0.2, 0.25) is 0 Å². The van der Waals surface area contributed by atoms with Gasteiger partial charge in [0, 0.05) is 6.54 Å². The molecule has 0 saturated heterocycles. The fraction of sp³-hybridized carbons (Fsp3) is 0.600. The highest BCUT2D eigenvalue weighted by molar-refractivity contribution is 5.85. The summed E-state index contributed by atoms with van der Waals surface area (Å²) in [5.74, 6) is 0.332. The summed E-state index contributed by atoms with van der Waals surface area (Å²) in [7, 11) is 0. The van der Waals surface area contributed by atoms with Crippen molar-refractivity contribution in [2.45, 2.75) is 19.8 Å². The molecule has 0 aliphatic heterocycles. The number of aromatic carboxylic acids is 1. The molecule has 1 aromatic heterocycles. The lowest BCUT2D eigenvalue weighted by Gasteiger charge is -2.08. The Bertz CT molecular complexity index is 357. The third-order valence-electron chi connectivity index (χ3n) is 2.73. The van der Waals surface area contributed by atoms with E-state index in [-0.39, 0.29) is 5.69 Å². The van der Waals surface area contributed by atoms with E-state index in [1.807, 2.05) is 0 Å². The third kappa shape index (κ3) is 2.49. The Kier molecular flexibility index (Phi) is 2.62. The summed E-state index contributed by atoms with van der Waals surface area (Å²) in [4.78, 5) is 14.3. The smallest absolute Gasteiger partial charge is 0.357 e. The molecule has 1 atom stereocenters. The molecule has 0 bridgehead atoms. The first-order chi connectivity index (χ1) is 7.16. The molecule has 5 heteroatoms. The Labute approximate surface area is 87.5 Å². The maximum absolute atomic E-state index is 10.5. The molecule has 1 heterocycles. The molecule has 15 heavy (non-hydrogen) atoms. The molecule has 0 spiro atoms. The van der Waals surface area contributed by atoms with Crippen LogP contribution in [-0.2, 0) is 0 Å². The first kappa shape index (κ1) is 10.0. The standard InChI is InChI=1S/C10H14N2O3/c1-6(7-2-3-7)4-11-10-12-8(5-15-10)9(13)14/h5-7H,2-4H2,1H3,(H,11,12)(H,13,14). The molecule has 82 valence electrons. The highest BCUT2D eigenvalue weighted by atomic mass is 16.4. The first-order valence-electron chi connectivity index (χ1n) is 5.09. The van der Waals surface area contributed by atoms with Crippen LogP contribution in [0.5, 0.6) is 0 Å². The van der Waals surface area contributed by atoms with Crippen LogP contribution in [0.1, 0.15) is 30.3 Å². The molecule has 1 fully saturated rings. The average molecular weight is 210 g/mol. The van der Waals surface area contributed by atoms with E-state index in [0.717, 1.165) is 18.7 Å². The second-order valence-electron chi connectivity index (χ2n) is 4.04. The molecular formula is C10H14N2O3. The Balaban J connectivity index is 1.84. The maximum Gasteiger partial charge on any atom is 0.357 e. The van der Waals surface area contributed by atoms with E-state index >= 15 is 0 Å². The number of carboxylic acids is 1. The van der Waals surface area contributed by atoms with Gasteiger partial charge in [-0.1, -0.05) is 6.92 Å². The van der Waals surface area contributed by atoms with Gasteiger partial charge in [-0.2, -0.15) is 4.98 Å². The molecule has 1 aliphatic carbocycles. The summed E-state index contributed by atoms with van der Waals surface area (Å²) in [6, 6.07) is 0.292. The highest BCUT2D eigenvalue weighted by Gasteiger charge is 2.27. The lowest BCUT2D eigenvalue weighted by molar-refractivity contribution is 0.0690. The summed E-state index contributed by atoms with van der Waals surface area (Å²) in [5.41, 5.74) is -0.0587. The number of hydrogen-bond donors (Lipinski definition) is 2. The van der Waals surface area contributed by atoms with Crippen molar-refractivity contribution < 1.29 is 14.3 Å². The maximum atomic E-state index is 10.5. The predicted octanol–water partition coefficient (Wildman–Crippen LogP) is 1.83. The minimum absolute atomic E-state index is 0.0587. The molecule has 1 saturated carbocycles. The monoisotopic (exact) mass is 210 g/mol. The van der Waals surface area contributed by atoms with Crippen molar-refractivity contribution in [3.05, 3.63) is 12.0 Å². The van der Waals surface area contributed by atoms with Crippen molar-refractivity contribution in [3.63, 3.8) is 0 Å². The number of hydrogen-bond acceptors (Lipinski definition) is 4. The van der Waals surface area contributed by atoms with Crippen molar-refractivity contribution in [2.75, 3.05) is 11.9 Å². The SMILES string of the molecule is CC(CNc1nc(C(=O)O)co1)C1CC1. The van der Waals surface area contributed by atoms with E-state index in [2.05, 4.69) is 17.2 Å². The third-order valence-corrected chi connectivity index (χ3v) is 2.73. The molecule has 0 amide bonds. The van der Waals surface area contributed by atoms with Gasteiger partial charge < -0.3 is 14.8 Å². The fourth-order valence-corrected chi connectivity index (χ4v) is 1.53. The lowest BCUT2D eigenvalue weighted by Crippen LogP contribution is -2.13. The van der Waals surface area contributed by atoms with Crippen LogP contribution >= 0.6 is 0 Å². The Hall–Kier alpha value is -1.52. The average Bonchev–Trinajstić information content (AvgIpc) is 2.93. The summed E-state index contributed by atoms with van der Waals surface area (Å²) in [6.07, 6.45) is 3.75. The zero-order chi connectivity index (χ0) is 10.8. The first-order valence-corrected chi connectivity index (χ1v) is 5.09. The Morgan fingerprint density at radius 3 is 3.07 bits per heavy atom. The second-order valence-corrected chi connectivity index (χ2v) is 4.04. The minimum atomic E-state index is -1.07. The van der Waals surface area contributed by atoms with E-state index in [4.69, 9.17) is 9.52 Å². The fourth-order valence-electron chi connectivity index (χ4n) is 1.53. The van der Waals surface area contributed by atoms with Crippen LogP contribution in [0.3, 0.4) is 0 Å². The van der Waals surface area contributed by atoms with Gasteiger partial charge in [0.05, 0.1) is 0 Å². The van der Waals surface area contributed by atoms with Crippen molar-refractivity contribution in [1.29, 1.82) is 0 Å². The van der Waals surface area contributed by atoms with Crippen LogP contribution in [0.4, 0.5) is 6.01 Å². The van der Waals surface area contributed by atoms with Gasteiger partial charge in [0.15, 0.2) is 5.69 Å². The Morgan fingerprint density at radius 1 is 1.80 bits per heavy atom. The van der Waals surface area contributed by atoms with Crippen LogP contribution in [0, 0.1) is 11.8 Å². The van der Waals surface area contributed by atoms with E-state index < -0.39 is 5.97 Å². The van der Waals surface area contributed by atoms with Crippen LogP contribution in [0.15, 0.2) is 10.7 Å². The van der Waals surface area contributed by atoms with Crippen molar-refractivity contribution in [3.8, 4) is 0 Å². The molecule has 1 aliphatic rings. The van der Waals surface area contributed by atoms with Crippen molar-refractivity contribution in [1.82, 2.24) is 4.98 Å². The number of carboxylic acid groups (broad SMARTS) is 1. The molecule has 2 rings (SSSR count). The van der Waals surface area contributed by atoms with Gasteiger partial charge in [-0.05, 0) is 24.7 Å². The zero-order valence-electron chi connectivity index (χ0n) is 8.56. The predicted molar refractivity (Wildman–Crippen MR) is 53.8 cm³/mol. The van der Waals surface area contributed by atoms with Crippen molar-refractivity contribution >= 4 is 12.0 Å². The largest absolute Gasteiger partial charge is 0.476 e. The lowest BCUT2D eigenvalue weighted by atomic mass is 10.1. The van der Waals surface area contributed by atoms with Crippen LogP contribution in [-0.4, -0.2) is 22.6 Å². The number of nitrogens with one attached hydrogen (secondary N) is 1. The van der Waals surface area contributed by atoms with Crippen molar-refractivity contribution in [2.24, 2.45) is 11.8 Å². The molecule has 2 N–H and O–H groups in total. The van der Waals surface area contributed by atoms with Gasteiger partial charge in [0.2, 0.25) is 0 Å². The number of aromatic nitrogens is 1. The number of rotatable bonds is 5. The number of anilines is 1. The summed E-state index contributed by atoms with van der Waals surface area (Å²) in [5, 5.41) is 11.6. The van der Waals surface area contributed by atoms with Gasteiger partial charge in [0.25, 0.3) is 6.01 Å². The molecule has 5 nitrogen and oxygen atoms in total. The summed E-state index contributed by atoms with van der Waals surface area (Å²) >= 11 is 0. The van der Waals surface area contributed by atoms with E-state index in [1.54, 1.807) is 0 Å². The quantitative estimate of drug-likeness (QED) is 0.775. The minimum Gasteiger partial charge on any atom is -0.476 e. The Morgan fingerprint density at radius 2 is 2.53 bits per heavy atom. The number of carbonyl (C=O) groups is 1. The van der Waals surface area contributed by atoms with Crippen LogP contribution < -0.4 is 5.32 Å². The van der Waals surface area contributed by atoms with Gasteiger partial charge in [-0.3, -0.25) is 0 Å². The van der Waals surface area contributed by atoms with Gasteiger partial charge in [-0.25, -0.2) is 4.79 Å². The van der Waals surface area contributed by atoms with Gasteiger partial charge in [-0.15, -0.1) is 0 Å². The number of oxazole rings is 1. The topological polar surface area (TPSA) is 75.4 Å². The van der Waals surface area contributed by atoms with E-state index in [9.17, 15) is 4.79 Å². The summed E-state index contributed by atoms with van der Waals surface area (Å²) < 4.78 is 4.97. The highest BCUT2D eigenvalue weighted by Crippen LogP contribution is 2.36. The second kappa shape index (κ2) is 3.92. The molecule has 1 aromatic rings. The molecule has 1 unspecified atom stereocenters. The van der Waals surface area contributed by atoms with E-state index in [0.29, 0.717) is 11.9 Å². The molecular weight excluding hydrogens is 196 g/mol. The van der Waals surface area contributed by atoms with E-state index in [1.165, 1.54) is 12.8 Å².